The molecule has 21 heavy (non-hydrogen) atoms. The van der Waals surface area contributed by atoms with E-state index in [1.54, 1.807) is 0 Å². The summed E-state index contributed by atoms with van der Waals surface area (Å²) in [5.74, 6) is 2.01. The van der Waals surface area contributed by atoms with Crippen LogP contribution in [0.3, 0.4) is 0 Å². The fraction of sp³-hybridized carbons (Fsp3) is 0.706. The van der Waals surface area contributed by atoms with Gasteiger partial charge < -0.3 is 10.2 Å². The Morgan fingerprint density at radius 2 is 2.05 bits per heavy atom. The molecule has 2 aliphatic rings. The third-order valence-corrected chi connectivity index (χ3v) is 5.33. The van der Waals surface area contributed by atoms with E-state index in [4.69, 9.17) is 16.6 Å². The molecule has 1 aromatic rings. The quantitative estimate of drug-likeness (QED) is 0.911. The van der Waals surface area contributed by atoms with Crippen LogP contribution in [0.15, 0.2) is 12.1 Å². The second-order valence-electron chi connectivity index (χ2n) is 6.33. The van der Waals surface area contributed by atoms with E-state index in [2.05, 4.69) is 23.2 Å². The largest absolute Gasteiger partial charge is 0.353 e. The monoisotopic (exact) mass is 307 g/mol. The molecule has 3 nitrogen and oxygen atoms in total. The molecule has 0 amide bonds. The van der Waals surface area contributed by atoms with E-state index in [1.165, 1.54) is 38.5 Å². The van der Waals surface area contributed by atoms with Gasteiger partial charge in [0.15, 0.2) is 0 Å². The van der Waals surface area contributed by atoms with E-state index in [-0.39, 0.29) is 0 Å². The molecular weight excluding hydrogens is 282 g/mol. The van der Waals surface area contributed by atoms with Crippen LogP contribution in [0.5, 0.6) is 0 Å². The number of nitrogens with zero attached hydrogens (tertiary/aromatic N) is 2. The van der Waals surface area contributed by atoms with Gasteiger partial charge in [0.25, 0.3) is 0 Å². The number of fused-ring (bicyclic) bond motifs is 1. The summed E-state index contributed by atoms with van der Waals surface area (Å²) in [5.41, 5.74) is 0.981. The zero-order valence-electron chi connectivity index (χ0n) is 12.9. The lowest BCUT2D eigenvalue weighted by atomic mass is 9.78. The molecule has 2 atom stereocenters. The molecular formula is C17H26ClN3. The topological polar surface area (TPSA) is 28.2 Å². The highest BCUT2D eigenvalue weighted by molar-refractivity contribution is 6.31. The van der Waals surface area contributed by atoms with E-state index < -0.39 is 0 Å². The highest BCUT2D eigenvalue weighted by Crippen LogP contribution is 2.37. The third kappa shape index (κ3) is 3.35. The summed E-state index contributed by atoms with van der Waals surface area (Å²) in [5, 5.41) is 4.10. The first kappa shape index (κ1) is 15.1. The Hall–Kier alpha value is -0.800. The highest BCUT2D eigenvalue weighted by atomic mass is 35.5. The van der Waals surface area contributed by atoms with E-state index in [1.807, 2.05) is 6.07 Å². The number of hydrogen-bond acceptors (Lipinski definition) is 3. The molecule has 4 heteroatoms. The predicted molar refractivity (Wildman–Crippen MR) is 89.0 cm³/mol. The number of hydrogen-bond donors (Lipinski definition) is 1. The van der Waals surface area contributed by atoms with Crippen LogP contribution < -0.4 is 10.2 Å². The lowest BCUT2D eigenvalue weighted by molar-refractivity contribution is 0.242. The zero-order valence-corrected chi connectivity index (χ0v) is 13.7. The van der Waals surface area contributed by atoms with E-state index >= 15 is 0 Å². The summed E-state index contributed by atoms with van der Waals surface area (Å²) >= 11 is 6.29. The van der Waals surface area contributed by atoms with Gasteiger partial charge in [0.1, 0.15) is 5.82 Å². The van der Waals surface area contributed by atoms with E-state index in [0.717, 1.165) is 42.1 Å². The molecule has 0 spiro atoms. The fourth-order valence-electron chi connectivity index (χ4n) is 3.91. The molecule has 1 saturated heterocycles. The van der Waals surface area contributed by atoms with Crippen LogP contribution in [-0.4, -0.2) is 24.1 Å². The minimum absolute atomic E-state index is 0.702. The van der Waals surface area contributed by atoms with Crippen LogP contribution in [0.25, 0.3) is 0 Å². The lowest BCUT2D eigenvalue weighted by Gasteiger charge is -2.45. The number of piperidine rings is 1. The van der Waals surface area contributed by atoms with Gasteiger partial charge >= 0.3 is 0 Å². The average molecular weight is 308 g/mol. The molecule has 1 N–H and O–H groups in total. The summed E-state index contributed by atoms with van der Waals surface area (Å²) in [6, 6.07) is 4.82. The van der Waals surface area contributed by atoms with Crippen molar-refractivity contribution in [1.82, 2.24) is 10.3 Å². The van der Waals surface area contributed by atoms with Gasteiger partial charge in [0, 0.05) is 19.1 Å². The Kier molecular flexibility index (Phi) is 5.02. The van der Waals surface area contributed by atoms with Gasteiger partial charge in [-0.1, -0.05) is 31.4 Å². The molecule has 116 valence electrons. The summed E-state index contributed by atoms with van der Waals surface area (Å²) in [7, 11) is 0. The minimum Gasteiger partial charge on any atom is -0.353 e. The van der Waals surface area contributed by atoms with Crippen molar-refractivity contribution in [2.45, 2.75) is 58.0 Å². The number of anilines is 1. The Morgan fingerprint density at radius 1 is 1.24 bits per heavy atom. The lowest BCUT2D eigenvalue weighted by Crippen LogP contribution is -2.47. The first-order valence-corrected chi connectivity index (χ1v) is 8.80. The number of nitrogens with one attached hydrogen (secondary N) is 1. The van der Waals surface area contributed by atoms with Crippen molar-refractivity contribution in [3.8, 4) is 0 Å². The average Bonchev–Trinajstić information content (AvgIpc) is 2.54. The van der Waals surface area contributed by atoms with Gasteiger partial charge in [0.2, 0.25) is 0 Å². The minimum atomic E-state index is 0.702. The molecule has 1 aliphatic carbocycles. The van der Waals surface area contributed by atoms with Crippen LogP contribution in [-0.2, 0) is 6.54 Å². The smallest absolute Gasteiger partial charge is 0.129 e. The number of halogens is 1. The van der Waals surface area contributed by atoms with Gasteiger partial charge in [0.05, 0.1) is 10.7 Å². The highest BCUT2D eigenvalue weighted by Gasteiger charge is 2.33. The predicted octanol–water partition coefficient (Wildman–Crippen LogP) is 4.00. The van der Waals surface area contributed by atoms with Crippen molar-refractivity contribution in [2.75, 3.05) is 18.0 Å². The molecule has 1 saturated carbocycles. The molecule has 0 radical (unpaired) electrons. The second-order valence-corrected chi connectivity index (χ2v) is 6.73. The molecule has 3 rings (SSSR count). The molecule has 0 bridgehead atoms. The van der Waals surface area contributed by atoms with Crippen LogP contribution in [0.1, 0.15) is 51.1 Å². The molecule has 0 aromatic carbocycles. The number of aromatic nitrogens is 1. The SMILES string of the molecule is CCNCc1nc(N2CCCC3CCCCC32)ccc1Cl. The van der Waals surface area contributed by atoms with Gasteiger partial charge in [-0.25, -0.2) is 4.98 Å². The third-order valence-electron chi connectivity index (χ3n) is 4.98. The maximum atomic E-state index is 6.29. The maximum Gasteiger partial charge on any atom is 0.129 e. The Labute approximate surface area is 133 Å². The van der Waals surface area contributed by atoms with Crippen molar-refractivity contribution >= 4 is 17.4 Å². The van der Waals surface area contributed by atoms with Crippen molar-refractivity contribution in [3.63, 3.8) is 0 Å². The van der Waals surface area contributed by atoms with E-state index in [0.29, 0.717) is 6.04 Å². The van der Waals surface area contributed by atoms with Gasteiger partial charge in [-0.3, -0.25) is 0 Å². The standard InChI is InChI=1S/C17H26ClN3/c1-2-19-12-15-14(18)9-10-17(20-15)21-11-5-7-13-6-3-4-8-16(13)21/h9-10,13,16,19H,2-8,11-12H2,1H3. The zero-order chi connectivity index (χ0) is 14.7. The van der Waals surface area contributed by atoms with Gasteiger partial charge in [-0.15, -0.1) is 0 Å². The van der Waals surface area contributed by atoms with Gasteiger partial charge in [-0.2, -0.15) is 0 Å². The first-order valence-electron chi connectivity index (χ1n) is 8.42. The Balaban J connectivity index is 1.81. The molecule has 2 heterocycles. The summed E-state index contributed by atoms with van der Waals surface area (Å²) in [6.07, 6.45) is 8.22. The Morgan fingerprint density at radius 3 is 2.90 bits per heavy atom. The van der Waals surface area contributed by atoms with Crippen LogP contribution in [0.4, 0.5) is 5.82 Å². The van der Waals surface area contributed by atoms with Crippen molar-refractivity contribution in [2.24, 2.45) is 5.92 Å². The van der Waals surface area contributed by atoms with E-state index in [9.17, 15) is 0 Å². The van der Waals surface area contributed by atoms with Crippen molar-refractivity contribution < 1.29 is 0 Å². The van der Waals surface area contributed by atoms with Crippen molar-refractivity contribution in [3.05, 3.63) is 22.8 Å². The summed E-state index contributed by atoms with van der Waals surface area (Å²) in [6.45, 7) is 4.95. The normalized spacial score (nSPS) is 25.7. The number of rotatable bonds is 4. The molecule has 1 aliphatic heterocycles. The molecule has 2 unspecified atom stereocenters. The van der Waals surface area contributed by atoms with Crippen LogP contribution >= 0.6 is 11.6 Å². The Bertz CT molecular complexity index is 475. The molecule has 1 aromatic heterocycles. The fourth-order valence-corrected chi connectivity index (χ4v) is 4.08. The summed E-state index contributed by atoms with van der Waals surface area (Å²) < 4.78 is 0. The number of pyridine rings is 1. The van der Waals surface area contributed by atoms with Crippen LogP contribution in [0, 0.1) is 5.92 Å². The molecule has 2 fully saturated rings. The van der Waals surface area contributed by atoms with Crippen molar-refractivity contribution in [1.29, 1.82) is 0 Å². The van der Waals surface area contributed by atoms with Gasteiger partial charge in [-0.05, 0) is 50.3 Å². The summed E-state index contributed by atoms with van der Waals surface area (Å²) in [4.78, 5) is 7.41. The second kappa shape index (κ2) is 6.97. The maximum absolute atomic E-state index is 6.29. The van der Waals surface area contributed by atoms with Crippen LogP contribution in [0.2, 0.25) is 5.02 Å². The first-order chi connectivity index (χ1) is 10.3.